The highest BCUT2D eigenvalue weighted by Crippen LogP contribution is 2.18. The molecule has 1 fully saturated rings. The summed E-state index contributed by atoms with van der Waals surface area (Å²) in [5.41, 5.74) is 0.835. The Morgan fingerprint density at radius 3 is 2.80 bits per heavy atom. The summed E-state index contributed by atoms with van der Waals surface area (Å²) in [6, 6.07) is 7.16. The quantitative estimate of drug-likeness (QED) is 0.851. The lowest BCUT2D eigenvalue weighted by Gasteiger charge is -2.30. The average Bonchev–Trinajstić information content (AvgIpc) is 2.58. The number of likely N-dealkylation sites (tertiary alicyclic amines) is 1. The van der Waals surface area contributed by atoms with Crippen LogP contribution >= 0.6 is 0 Å². The molecule has 136 valence electrons. The molecule has 1 heterocycles. The first-order valence-electron chi connectivity index (χ1n) is 8.59. The van der Waals surface area contributed by atoms with Gasteiger partial charge in [0.2, 0.25) is 0 Å². The zero-order chi connectivity index (χ0) is 18.4. The topological polar surface area (TPSA) is 75.7 Å². The van der Waals surface area contributed by atoms with Crippen molar-refractivity contribution >= 4 is 18.3 Å². The van der Waals surface area contributed by atoms with E-state index in [-0.39, 0.29) is 18.4 Å². The van der Waals surface area contributed by atoms with Crippen LogP contribution < -0.4 is 5.32 Å². The van der Waals surface area contributed by atoms with Crippen LogP contribution in [0.5, 0.6) is 0 Å². The van der Waals surface area contributed by atoms with Gasteiger partial charge in [-0.25, -0.2) is 4.79 Å². The molecule has 0 radical (unpaired) electrons. The largest absolute Gasteiger partial charge is 0.444 e. The van der Waals surface area contributed by atoms with E-state index in [1.807, 2.05) is 6.07 Å². The van der Waals surface area contributed by atoms with Crippen molar-refractivity contribution in [2.75, 3.05) is 13.1 Å². The molecule has 1 atom stereocenters. The summed E-state index contributed by atoms with van der Waals surface area (Å²) in [7, 11) is 0. The van der Waals surface area contributed by atoms with Crippen molar-refractivity contribution in [1.82, 2.24) is 10.2 Å². The fraction of sp³-hybridized carbons (Fsp3) is 0.526. The Morgan fingerprint density at radius 1 is 1.36 bits per heavy atom. The smallest absolute Gasteiger partial charge is 0.407 e. The second-order valence-electron chi connectivity index (χ2n) is 7.35. The Balaban J connectivity index is 1.97. The van der Waals surface area contributed by atoms with Crippen molar-refractivity contribution in [2.24, 2.45) is 5.92 Å². The fourth-order valence-electron chi connectivity index (χ4n) is 2.79. The summed E-state index contributed by atoms with van der Waals surface area (Å²) < 4.78 is 5.20. The molecule has 0 saturated carbocycles. The average molecular weight is 346 g/mol. The highest BCUT2D eigenvalue weighted by molar-refractivity contribution is 5.94. The van der Waals surface area contributed by atoms with E-state index in [1.165, 1.54) is 0 Å². The normalized spacial score (nSPS) is 17.7. The van der Waals surface area contributed by atoms with Crippen molar-refractivity contribution in [3.63, 3.8) is 0 Å². The van der Waals surface area contributed by atoms with E-state index in [2.05, 4.69) is 5.32 Å². The third-order valence-electron chi connectivity index (χ3n) is 3.95. The number of piperidine rings is 1. The van der Waals surface area contributed by atoms with Crippen molar-refractivity contribution in [3.05, 3.63) is 35.4 Å². The predicted octanol–water partition coefficient (Wildman–Crippen LogP) is 2.76. The molecule has 2 rings (SSSR count). The Morgan fingerprint density at radius 2 is 2.12 bits per heavy atom. The number of nitrogens with zero attached hydrogens (tertiary/aromatic N) is 1. The molecule has 1 unspecified atom stereocenters. The minimum atomic E-state index is -0.550. The van der Waals surface area contributed by atoms with Gasteiger partial charge in [-0.05, 0) is 51.3 Å². The summed E-state index contributed by atoms with van der Waals surface area (Å²) in [6.45, 7) is 6.84. The number of aldehydes is 1. The van der Waals surface area contributed by atoms with Crippen molar-refractivity contribution in [2.45, 2.75) is 45.8 Å². The number of hydrogen-bond donors (Lipinski definition) is 1. The zero-order valence-corrected chi connectivity index (χ0v) is 15.1. The van der Waals surface area contributed by atoms with Gasteiger partial charge >= 0.3 is 6.09 Å². The molecule has 0 aromatic heterocycles. The van der Waals surface area contributed by atoms with Gasteiger partial charge in [0.25, 0.3) is 5.91 Å². The second kappa shape index (κ2) is 8.14. The summed E-state index contributed by atoms with van der Waals surface area (Å²) in [5.74, 6) is -0.152. The molecule has 0 spiro atoms. The second-order valence-corrected chi connectivity index (χ2v) is 7.35. The van der Waals surface area contributed by atoms with Crippen LogP contribution in [0.3, 0.4) is 0 Å². The van der Waals surface area contributed by atoms with Gasteiger partial charge < -0.3 is 19.7 Å². The molecule has 1 saturated heterocycles. The number of benzene rings is 1. The molecule has 2 amide bonds. The molecule has 6 heteroatoms. The first kappa shape index (κ1) is 19.0. The van der Waals surface area contributed by atoms with E-state index in [1.54, 1.807) is 43.9 Å². The molecule has 0 aliphatic carbocycles. The Labute approximate surface area is 148 Å². The highest BCUT2D eigenvalue weighted by Gasteiger charge is 2.24. The molecule has 1 aromatic rings. The fourth-order valence-corrected chi connectivity index (χ4v) is 2.79. The number of ether oxygens (including phenoxy) is 1. The molecule has 1 aliphatic heterocycles. The van der Waals surface area contributed by atoms with Crippen LogP contribution in [0.2, 0.25) is 0 Å². The SMILES string of the molecule is CC(C)(C)OC(=O)NCc1cccc(C(=O)N2CCCC(C=O)C2)c1. The van der Waals surface area contributed by atoms with Crippen molar-refractivity contribution < 1.29 is 19.1 Å². The maximum Gasteiger partial charge on any atom is 0.407 e. The lowest BCUT2D eigenvalue weighted by atomic mass is 9.98. The number of rotatable bonds is 4. The van der Waals surface area contributed by atoms with Crippen LogP contribution in [0.1, 0.15) is 49.5 Å². The molecular weight excluding hydrogens is 320 g/mol. The van der Waals surface area contributed by atoms with E-state index in [4.69, 9.17) is 4.74 Å². The number of amides is 2. The van der Waals surface area contributed by atoms with Gasteiger partial charge in [0.1, 0.15) is 11.9 Å². The minimum absolute atomic E-state index is 0.0743. The summed E-state index contributed by atoms with van der Waals surface area (Å²) in [4.78, 5) is 37.1. The molecular formula is C19H26N2O4. The Hall–Kier alpha value is -2.37. The van der Waals surface area contributed by atoms with Gasteiger partial charge in [0.05, 0.1) is 0 Å². The molecule has 0 bridgehead atoms. The van der Waals surface area contributed by atoms with Gasteiger partial charge in [-0.15, -0.1) is 0 Å². The number of alkyl carbamates (subject to hydrolysis) is 1. The predicted molar refractivity (Wildman–Crippen MR) is 94.2 cm³/mol. The molecule has 25 heavy (non-hydrogen) atoms. The first-order valence-corrected chi connectivity index (χ1v) is 8.59. The van der Waals surface area contributed by atoms with Gasteiger partial charge in [0.15, 0.2) is 0 Å². The standard InChI is InChI=1S/C19H26N2O4/c1-19(2,3)25-18(24)20-11-14-6-4-8-16(10-14)17(23)21-9-5-7-15(12-21)13-22/h4,6,8,10,13,15H,5,7,9,11-12H2,1-3H3,(H,20,24). The van der Waals surface area contributed by atoms with Gasteiger partial charge in [-0.1, -0.05) is 12.1 Å². The van der Waals surface area contributed by atoms with Crippen LogP contribution in [0.25, 0.3) is 0 Å². The van der Waals surface area contributed by atoms with E-state index in [0.29, 0.717) is 18.7 Å². The zero-order valence-electron chi connectivity index (χ0n) is 15.1. The molecule has 1 aliphatic rings. The van der Waals surface area contributed by atoms with Gasteiger partial charge in [-0.2, -0.15) is 0 Å². The lowest BCUT2D eigenvalue weighted by Crippen LogP contribution is -2.40. The maximum atomic E-state index is 12.6. The molecule has 1 N–H and O–H groups in total. The molecule has 6 nitrogen and oxygen atoms in total. The summed E-state index contributed by atoms with van der Waals surface area (Å²) in [5, 5.41) is 2.68. The van der Waals surface area contributed by atoms with Crippen LogP contribution in [0, 0.1) is 5.92 Å². The maximum absolute atomic E-state index is 12.6. The molecule has 1 aromatic carbocycles. The Bertz CT molecular complexity index is 637. The third-order valence-corrected chi connectivity index (χ3v) is 3.95. The number of hydrogen-bond acceptors (Lipinski definition) is 4. The summed E-state index contributed by atoms with van der Waals surface area (Å²) in [6.07, 6.45) is 2.12. The van der Waals surface area contributed by atoms with E-state index >= 15 is 0 Å². The number of carbonyl (C=O) groups excluding carboxylic acids is 3. The van der Waals surface area contributed by atoms with Gasteiger partial charge in [0, 0.05) is 31.1 Å². The summed E-state index contributed by atoms with van der Waals surface area (Å²) >= 11 is 0. The van der Waals surface area contributed by atoms with Crippen molar-refractivity contribution in [1.29, 1.82) is 0 Å². The van der Waals surface area contributed by atoms with E-state index < -0.39 is 11.7 Å². The highest BCUT2D eigenvalue weighted by atomic mass is 16.6. The van der Waals surface area contributed by atoms with Crippen LogP contribution in [0.15, 0.2) is 24.3 Å². The van der Waals surface area contributed by atoms with Gasteiger partial charge in [-0.3, -0.25) is 4.79 Å². The Kier molecular flexibility index (Phi) is 6.17. The van der Waals surface area contributed by atoms with Crippen LogP contribution in [0.4, 0.5) is 4.79 Å². The first-order chi connectivity index (χ1) is 11.8. The van der Waals surface area contributed by atoms with Crippen LogP contribution in [-0.2, 0) is 16.1 Å². The lowest BCUT2D eigenvalue weighted by molar-refractivity contribution is -0.112. The number of nitrogens with one attached hydrogen (secondary N) is 1. The van der Waals surface area contributed by atoms with Crippen LogP contribution in [-0.4, -0.2) is 41.9 Å². The van der Waals surface area contributed by atoms with Crippen molar-refractivity contribution in [3.8, 4) is 0 Å². The van der Waals surface area contributed by atoms with E-state index in [9.17, 15) is 14.4 Å². The minimum Gasteiger partial charge on any atom is -0.444 e. The van der Waals surface area contributed by atoms with E-state index in [0.717, 1.165) is 24.7 Å². The monoisotopic (exact) mass is 346 g/mol. The third kappa shape index (κ3) is 5.89. The number of carbonyl (C=O) groups is 3.